The topological polar surface area (TPSA) is 62.2 Å². The summed E-state index contributed by atoms with van der Waals surface area (Å²) in [5.74, 6) is -0.339. The van der Waals surface area contributed by atoms with Gasteiger partial charge in [-0.2, -0.15) is 0 Å². The number of rotatable bonds is 3. The summed E-state index contributed by atoms with van der Waals surface area (Å²) in [4.78, 5) is 12.2. The number of anilines is 1. The first-order valence-electron chi connectivity index (χ1n) is 5.79. The summed E-state index contributed by atoms with van der Waals surface area (Å²) in [5.41, 5.74) is 7.47. The molecule has 1 aromatic carbocycles. The summed E-state index contributed by atoms with van der Waals surface area (Å²) >= 11 is 0. The number of nitrogens with zero attached hydrogens (tertiary/aromatic N) is 2. The molecule has 0 saturated carbocycles. The Morgan fingerprint density at radius 2 is 2.11 bits per heavy atom. The molecular weight excluding hydrogens is 249 g/mol. The standard InChI is InChI=1S/C13H16FN3O2/c1-8-6-9(14)4-5-10(8)17-13(18)12(15)11(7-19-3)16(17)2/h4-6H,7,15H2,1-3H3. The fourth-order valence-electron chi connectivity index (χ4n) is 2.10. The normalized spacial score (nSPS) is 10.9. The molecule has 0 aliphatic carbocycles. The number of aromatic nitrogens is 2. The number of nitrogens with two attached hydrogens (primary N) is 1. The van der Waals surface area contributed by atoms with E-state index in [1.807, 2.05) is 0 Å². The van der Waals surface area contributed by atoms with E-state index in [-0.39, 0.29) is 23.7 Å². The lowest BCUT2D eigenvalue weighted by atomic mass is 10.2. The van der Waals surface area contributed by atoms with Gasteiger partial charge in [0.05, 0.1) is 18.0 Å². The summed E-state index contributed by atoms with van der Waals surface area (Å²) < 4.78 is 21.2. The molecule has 1 heterocycles. The molecule has 0 amide bonds. The van der Waals surface area contributed by atoms with E-state index in [9.17, 15) is 9.18 Å². The molecule has 0 spiro atoms. The largest absolute Gasteiger partial charge is 0.393 e. The molecule has 0 aliphatic rings. The van der Waals surface area contributed by atoms with Crippen molar-refractivity contribution in [3.8, 4) is 5.69 Å². The number of halogens is 1. The molecule has 2 N–H and O–H groups in total. The first kappa shape index (κ1) is 13.4. The van der Waals surface area contributed by atoms with Gasteiger partial charge in [0.1, 0.15) is 11.5 Å². The monoisotopic (exact) mass is 265 g/mol. The minimum Gasteiger partial charge on any atom is -0.393 e. The maximum atomic E-state index is 13.1. The van der Waals surface area contributed by atoms with Gasteiger partial charge < -0.3 is 10.5 Å². The number of ether oxygens (including phenoxy) is 1. The van der Waals surface area contributed by atoms with E-state index < -0.39 is 0 Å². The van der Waals surface area contributed by atoms with E-state index in [4.69, 9.17) is 10.5 Å². The van der Waals surface area contributed by atoms with Crippen LogP contribution in [0.4, 0.5) is 10.1 Å². The molecule has 0 saturated heterocycles. The van der Waals surface area contributed by atoms with E-state index in [0.29, 0.717) is 16.9 Å². The van der Waals surface area contributed by atoms with Crippen molar-refractivity contribution in [2.45, 2.75) is 13.5 Å². The van der Waals surface area contributed by atoms with Crippen molar-refractivity contribution in [2.24, 2.45) is 7.05 Å². The van der Waals surface area contributed by atoms with Gasteiger partial charge in [0.25, 0.3) is 5.56 Å². The smallest absolute Gasteiger partial charge is 0.294 e. The zero-order chi connectivity index (χ0) is 14.2. The van der Waals surface area contributed by atoms with Gasteiger partial charge in [0.2, 0.25) is 0 Å². The lowest BCUT2D eigenvalue weighted by molar-refractivity contribution is 0.177. The second-order valence-electron chi connectivity index (χ2n) is 4.36. The molecule has 2 rings (SSSR count). The van der Waals surface area contributed by atoms with Crippen molar-refractivity contribution in [2.75, 3.05) is 12.8 Å². The van der Waals surface area contributed by atoms with Gasteiger partial charge >= 0.3 is 0 Å². The summed E-state index contributed by atoms with van der Waals surface area (Å²) in [5, 5.41) is 0. The molecular formula is C13H16FN3O2. The third-order valence-electron chi connectivity index (χ3n) is 3.09. The van der Waals surface area contributed by atoms with Crippen molar-refractivity contribution < 1.29 is 9.13 Å². The summed E-state index contributed by atoms with van der Waals surface area (Å²) in [6.45, 7) is 1.98. The van der Waals surface area contributed by atoms with Crippen LogP contribution in [0.5, 0.6) is 0 Å². The average Bonchev–Trinajstić information content (AvgIpc) is 2.55. The number of benzene rings is 1. The highest BCUT2D eigenvalue weighted by Gasteiger charge is 2.17. The summed E-state index contributed by atoms with van der Waals surface area (Å²) in [6.07, 6.45) is 0. The Labute approximate surface area is 110 Å². The van der Waals surface area contributed by atoms with Crippen molar-refractivity contribution in [1.29, 1.82) is 0 Å². The zero-order valence-electron chi connectivity index (χ0n) is 11.1. The second kappa shape index (κ2) is 4.89. The van der Waals surface area contributed by atoms with Crippen LogP contribution in [0.25, 0.3) is 5.69 Å². The van der Waals surface area contributed by atoms with Crippen molar-refractivity contribution in [3.63, 3.8) is 0 Å². The second-order valence-corrected chi connectivity index (χ2v) is 4.36. The number of nitrogen functional groups attached to an aromatic ring is 1. The van der Waals surface area contributed by atoms with Gasteiger partial charge in [-0.25, -0.2) is 9.07 Å². The summed E-state index contributed by atoms with van der Waals surface area (Å²) in [6, 6.07) is 4.25. The van der Waals surface area contributed by atoms with Crippen LogP contribution >= 0.6 is 0 Å². The third-order valence-corrected chi connectivity index (χ3v) is 3.09. The molecule has 2 aromatic rings. The quantitative estimate of drug-likeness (QED) is 0.911. The molecule has 5 nitrogen and oxygen atoms in total. The van der Waals surface area contributed by atoms with Crippen molar-refractivity contribution in [3.05, 3.63) is 45.6 Å². The molecule has 6 heteroatoms. The van der Waals surface area contributed by atoms with Crippen molar-refractivity contribution >= 4 is 5.69 Å². The van der Waals surface area contributed by atoms with Crippen LogP contribution in [-0.2, 0) is 18.4 Å². The van der Waals surface area contributed by atoms with Crippen LogP contribution in [0, 0.1) is 12.7 Å². The Morgan fingerprint density at radius 1 is 1.42 bits per heavy atom. The van der Waals surface area contributed by atoms with E-state index in [2.05, 4.69) is 0 Å². The van der Waals surface area contributed by atoms with Crippen molar-refractivity contribution in [1.82, 2.24) is 9.36 Å². The van der Waals surface area contributed by atoms with Crippen LogP contribution in [-0.4, -0.2) is 16.5 Å². The predicted octanol–water partition coefficient (Wildman–Crippen LogP) is 1.35. The Morgan fingerprint density at radius 3 is 2.68 bits per heavy atom. The molecule has 0 fully saturated rings. The SMILES string of the molecule is COCc1c(N)c(=O)n(-c2ccc(F)cc2C)n1C. The highest BCUT2D eigenvalue weighted by Crippen LogP contribution is 2.17. The first-order valence-corrected chi connectivity index (χ1v) is 5.79. The maximum Gasteiger partial charge on any atom is 0.294 e. The van der Waals surface area contributed by atoms with E-state index in [0.717, 1.165) is 0 Å². The lowest BCUT2D eigenvalue weighted by Crippen LogP contribution is -2.21. The van der Waals surface area contributed by atoms with Gasteiger partial charge in [-0.1, -0.05) is 0 Å². The number of methoxy groups -OCH3 is 1. The Bertz CT molecular complexity index is 673. The van der Waals surface area contributed by atoms with Gasteiger partial charge in [0.15, 0.2) is 0 Å². The van der Waals surface area contributed by atoms with Crippen LogP contribution in [0.1, 0.15) is 11.3 Å². The van der Waals surface area contributed by atoms with E-state index in [1.165, 1.54) is 23.9 Å². The molecule has 19 heavy (non-hydrogen) atoms. The number of hydrogen-bond donors (Lipinski definition) is 1. The van der Waals surface area contributed by atoms with E-state index in [1.54, 1.807) is 24.7 Å². The van der Waals surface area contributed by atoms with E-state index >= 15 is 0 Å². The Kier molecular flexibility index (Phi) is 3.44. The lowest BCUT2D eigenvalue weighted by Gasteiger charge is -2.11. The van der Waals surface area contributed by atoms with Gasteiger partial charge in [-0.15, -0.1) is 0 Å². The molecule has 0 unspecified atom stereocenters. The van der Waals surface area contributed by atoms with Crippen LogP contribution in [0.2, 0.25) is 0 Å². The van der Waals surface area contributed by atoms with Crippen LogP contribution < -0.4 is 11.3 Å². The first-order chi connectivity index (χ1) is 8.97. The summed E-state index contributed by atoms with van der Waals surface area (Å²) in [7, 11) is 3.25. The zero-order valence-corrected chi connectivity index (χ0v) is 11.1. The highest BCUT2D eigenvalue weighted by atomic mass is 19.1. The van der Waals surface area contributed by atoms with Crippen LogP contribution in [0.3, 0.4) is 0 Å². The number of hydrogen-bond acceptors (Lipinski definition) is 3. The Hall–Kier alpha value is -2.08. The fourth-order valence-corrected chi connectivity index (χ4v) is 2.10. The maximum absolute atomic E-state index is 13.1. The predicted molar refractivity (Wildman–Crippen MR) is 70.8 cm³/mol. The Balaban J connectivity index is 2.69. The molecule has 0 atom stereocenters. The average molecular weight is 265 g/mol. The van der Waals surface area contributed by atoms with Gasteiger partial charge in [0, 0.05) is 14.2 Å². The van der Waals surface area contributed by atoms with Gasteiger partial charge in [-0.05, 0) is 30.7 Å². The minimum atomic E-state index is -0.339. The minimum absolute atomic E-state index is 0.146. The molecule has 102 valence electrons. The molecule has 0 bridgehead atoms. The molecule has 0 aliphatic heterocycles. The third kappa shape index (κ3) is 2.15. The highest BCUT2D eigenvalue weighted by molar-refractivity contribution is 5.47. The van der Waals surface area contributed by atoms with Crippen LogP contribution in [0.15, 0.2) is 23.0 Å². The molecule has 1 aromatic heterocycles. The molecule has 0 radical (unpaired) electrons. The van der Waals surface area contributed by atoms with Gasteiger partial charge in [-0.3, -0.25) is 9.48 Å². The fraction of sp³-hybridized carbons (Fsp3) is 0.308. The number of aryl methyl sites for hydroxylation is 1.